The predicted octanol–water partition coefficient (Wildman–Crippen LogP) is 4.50. The molecule has 124 valence electrons. The molecule has 0 spiro atoms. The van der Waals surface area contributed by atoms with Crippen LogP contribution >= 0.6 is 11.3 Å². The molecule has 24 heavy (non-hydrogen) atoms. The van der Waals surface area contributed by atoms with Crippen molar-refractivity contribution in [2.24, 2.45) is 0 Å². The van der Waals surface area contributed by atoms with Crippen molar-refractivity contribution in [3.8, 4) is 0 Å². The van der Waals surface area contributed by atoms with Crippen LogP contribution in [0, 0.1) is 0 Å². The molecule has 3 nitrogen and oxygen atoms in total. The molecule has 0 saturated carbocycles. The maximum Gasteiger partial charge on any atom is 0.0939 e. The maximum atomic E-state index is 4.74. The molecule has 0 atom stereocenters. The zero-order valence-corrected chi connectivity index (χ0v) is 14.7. The molecule has 0 amide bonds. The minimum absolute atomic E-state index is 0.645. The fourth-order valence-corrected chi connectivity index (χ4v) is 4.56. The highest BCUT2D eigenvalue weighted by molar-refractivity contribution is 7.18. The van der Waals surface area contributed by atoms with Gasteiger partial charge in [-0.2, -0.15) is 0 Å². The molecule has 0 aliphatic carbocycles. The Kier molecular flexibility index (Phi) is 4.86. The molecular weight excluding hydrogens is 314 g/mol. The lowest BCUT2D eigenvalue weighted by atomic mass is 9.93. The van der Waals surface area contributed by atoms with Crippen LogP contribution < -0.4 is 0 Å². The van der Waals surface area contributed by atoms with Crippen molar-refractivity contribution >= 4 is 21.6 Å². The number of fused-ring (bicyclic) bond motifs is 1. The van der Waals surface area contributed by atoms with Gasteiger partial charge in [-0.3, -0.25) is 4.98 Å². The zero-order chi connectivity index (χ0) is 16.2. The van der Waals surface area contributed by atoms with Crippen LogP contribution in [-0.4, -0.2) is 34.5 Å². The van der Waals surface area contributed by atoms with Gasteiger partial charge >= 0.3 is 0 Å². The van der Waals surface area contributed by atoms with Gasteiger partial charge in [-0.25, -0.2) is 4.98 Å². The van der Waals surface area contributed by atoms with Crippen LogP contribution in [0.2, 0.25) is 0 Å². The van der Waals surface area contributed by atoms with E-state index in [1.807, 2.05) is 23.6 Å². The van der Waals surface area contributed by atoms with Crippen LogP contribution in [0.3, 0.4) is 0 Å². The minimum atomic E-state index is 0.645. The molecule has 1 saturated heterocycles. The first-order chi connectivity index (χ1) is 11.9. The van der Waals surface area contributed by atoms with Crippen molar-refractivity contribution in [1.29, 1.82) is 0 Å². The molecule has 1 aliphatic rings. The van der Waals surface area contributed by atoms with E-state index >= 15 is 0 Å². The van der Waals surface area contributed by atoms with E-state index in [1.165, 1.54) is 54.3 Å². The maximum absolute atomic E-state index is 4.74. The quantitative estimate of drug-likeness (QED) is 0.686. The first-order valence-corrected chi connectivity index (χ1v) is 9.68. The number of aryl methyl sites for hydroxylation is 1. The Balaban J connectivity index is 1.24. The third kappa shape index (κ3) is 3.65. The second kappa shape index (κ2) is 7.41. The Morgan fingerprint density at radius 3 is 2.67 bits per heavy atom. The summed E-state index contributed by atoms with van der Waals surface area (Å²) in [5, 5.41) is 1.28. The predicted molar refractivity (Wildman–Crippen MR) is 101 cm³/mol. The van der Waals surface area contributed by atoms with Gasteiger partial charge in [-0.05, 0) is 63.2 Å². The van der Waals surface area contributed by atoms with Crippen LogP contribution in [0.25, 0.3) is 10.2 Å². The molecule has 2 aromatic heterocycles. The Hall–Kier alpha value is -1.78. The van der Waals surface area contributed by atoms with Gasteiger partial charge in [0.05, 0.1) is 15.2 Å². The number of hydrogen-bond donors (Lipinski definition) is 0. The highest BCUT2D eigenvalue weighted by Crippen LogP contribution is 2.27. The number of benzene rings is 1. The van der Waals surface area contributed by atoms with Gasteiger partial charge in [0.1, 0.15) is 0 Å². The normalized spacial score (nSPS) is 16.7. The number of likely N-dealkylation sites (tertiary alicyclic amines) is 1. The summed E-state index contributed by atoms with van der Waals surface area (Å²) in [5.74, 6) is 0.645. The van der Waals surface area contributed by atoms with Crippen molar-refractivity contribution in [3.63, 3.8) is 0 Å². The van der Waals surface area contributed by atoms with Gasteiger partial charge in [0, 0.05) is 24.2 Å². The highest BCUT2D eigenvalue weighted by Gasteiger charge is 2.20. The molecule has 3 heterocycles. The number of thiazole rings is 1. The van der Waals surface area contributed by atoms with Crippen LogP contribution in [0.1, 0.15) is 35.9 Å². The number of pyridine rings is 1. The van der Waals surface area contributed by atoms with E-state index in [-0.39, 0.29) is 0 Å². The molecule has 0 unspecified atom stereocenters. The largest absolute Gasteiger partial charge is 0.303 e. The van der Waals surface area contributed by atoms with Crippen molar-refractivity contribution in [2.75, 3.05) is 19.6 Å². The Bertz CT molecular complexity index is 743. The monoisotopic (exact) mass is 337 g/mol. The van der Waals surface area contributed by atoms with E-state index in [4.69, 9.17) is 4.98 Å². The number of hydrogen-bond acceptors (Lipinski definition) is 4. The fourth-order valence-electron chi connectivity index (χ4n) is 3.55. The van der Waals surface area contributed by atoms with Crippen LogP contribution in [-0.2, 0) is 6.42 Å². The number of piperidine rings is 1. The molecule has 3 aromatic rings. The number of aromatic nitrogens is 2. The van der Waals surface area contributed by atoms with Crippen molar-refractivity contribution < 1.29 is 0 Å². The van der Waals surface area contributed by atoms with E-state index in [2.05, 4.69) is 46.3 Å². The summed E-state index contributed by atoms with van der Waals surface area (Å²) in [7, 11) is 0. The standard InChI is InChI=1S/C20H23N3S/c1-2-8-19-18(7-1)22-20(24-19)9-5-13-23-14-10-16(11-15-23)17-6-3-4-12-21-17/h1-4,6-8,12,16H,5,9-11,13-15H2. The van der Waals surface area contributed by atoms with Gasteiger partial charge in [-0.15, -0.1) is 11.3 Å². The second-order valence-corrected chi connectivity index (χ2v) is 7.66. The summed E-state index contributed by atoms with van der Waals surface area (Å²) in [6, 6.07) is 14.7. The second-order valence-electron chi connectivity index (χ2n) is 6.55. The topological polar surface area (TPSA) is 29.0 Å². The Labute approximate surface area is 147 Å². The summed E-state index contributed by atoms with van der Waals surface area (Å²) in [6.45, 7) is 3.58. The van der Waals surface area contributed by atoms with Crippen LogP contribution in [0.5, 0.6) is 0 Å². The van der Waals surface area contributed by atoms with Crippen molar-refractivity contribution in [1.82, 2.24) is 14.9 Å². The van der Waals surface area contributed by atoms with E-state index < -0.39 is 0 Å². The Morgan fingerprint density at radius 2 is 1.88 bits per heavy atom. The number of nitrogens with zero attached hydrogens (tertiary/aromatic N) is 3. The third-order valence-electron chi connectivity index (χ3n) is 4.90. The summed E-state index contributed by atoms with van der Waals surface area (Å²) in [5.41, 5.74) is 2.42. The molecule has 1 aromatic carbocycles. The summed E-state index contributed by atoms with van der Waals surface area (Å²) in [4.78, 5) is 11.9. The van der Waals surface area contributed by atoms with Gasteiger partial charge in [0.25, 0.3) is 0 Å². The summed E-state index contributed by atoms with van der Waals surface area (Å²) >= 11 is 1.84. The fraction of sp³-hybridized carbons (Fsp3) is 0.400. The molecule has 1 fully saturated rings. The smallest absolute Gasteiger partial charge is 0.0939 e. The van der Waals surface area contributed by atoms with Crippen LogP contribution in [0.4, 0.5) is 0 Å². The number of para-hydroxylation sites is 1. The molecule has 4 rings (SSSR count). The van der Waals surface area contributed by atoms with Crippen molar-refractivity contribution in [2.45, 2.75) is 31.6 Å². The first-order valence-electron chi connectivity index (χ1n) is 8.86. The Morgan fingerprint density at radius 1 is 1.04 bits per heavy atom. The van der Waals surface area contributed by atoms with Gasteiger partial charge in [0.2, 0.25) is 0 Å². The molecule has 0 bridgehead atoms. The molecule has 0 radical (unpaired) electrons. The van der Waals surface area contributed by atoms with E-state index in [9.17, 15) is 0 Å². The van der Waals surface area contributed by atoms with E-state index in [0.29, 0.717) is 5.92 Å². The first kappa shape index (κ1) is 15.7. The molecule has 1 aliphatic heterocycles. The van der Waals surface area contributed by atoms with Gasteiger partial charge in [-0.1, -0.05) is 18.2 Å². The van der Waals surface area contributed by atoms with Gasteiger partial charge < -0.3 is 4.90 Å². The SMILES string of the molecule is c1ccc(C2CCN(CCCc3nc4ccccc4s3)CC2)nc1. The van der Waals surface area contributed by atoms with Crippen LogP contribution in [0.15, 0.2) is 48.7 Å². The van der Waals surface area contributed by atoms with E-state index in [1.54, 1.807) is 0 Å². The molecule has 4 heteroatoms. The minimum Gasteiger partial charge on any atom is -0.303 e. The summed E-state index contributed by atoms with van der Waals surface area (Å²) < 4.78 is 1.31. The lowest BCUT2D eigenvalue weighted by molar-refractivity contribution is 0.209. The zero-order valence-electron chi connectivity index (χ0n) is 13.9. The lowest BCUT2D eigenvalue weighted by Gasteiger charge is -2.31. The molecular formula is C20H23N3S. The highest BCUT2D eigenvalue weighted by atomic mass is 32.1. The summed E-state index contributed by atoms with van der Waals surface area (Å²) in [6.07, 6.45) is 6.68. The third-order valence-corrected chi connectivity index (χ3v) is 5.99. The van der Waals surface area contributed by atoms with Gasteiger partial charge in [0.15, 0.2) is 0 Å². The van der Waals surface area contributed by atoms with E-state index in [0.717, 1.165) is 11.9 Å². The molecule has 0 N–H and O–H groups in total. The average Bonchev–Trinajstić information content (AvgIpc) is 3.06. The average molecular weight is 337 g/mol. The van der Waals surface area contributed by atoms with Crippen molar-refractivity contribution in [3.05, 3.63) is 59.4 Å². The number of rotatable bonds is 5. The lowest BCUT2D eigenvalue weighted by Crippen LogP contribution is -2.34.